The Morgan fingerprint density at radius 2 is 1.73 bits per heavy atom. The highest BCUT2D eigenvalue weighted by atomic mass is 35.5. The van der Waals surface area contributed by atoms with Gasteiger partial charge in [-0.2, -0.15) is 0 Å². The predicted octanol–water partition coefficient (Wildman–Crippen LogP) is 4.26. The minimum atomic E-state index is -1.06. The third-order valence-electron chi connectivity index (χ3n) is 6.04. The van der Waals surface area contributed by atoms with Crippen LogP contribution in [0.2, 0.25) is 5.02 Å². The molecule has 2 aromatic heterocycles. The lowest BCUT2D eigenvalue weighted by Crippen LogP contribution is -2.30. The molecule has 1 aliphatic rings. The standard InChI is InChI=1S/C26H21ClN4O6/c1-35-18-8-7-13(10-14(18)27)23(32)21-22(15-6-4-5-9-28-15)31(25(34)24(21)33)26-29-16-11-19(36-2)20(37-3)12-17(16)30-26/h4-12,22,32H,1-3H3,(H,29,30)/b23-21+. The van der Waals surface area contributed by atoms with Crippen molar-refractivity contribution >= 4 is 46.0 Å². The van der Waals surface area contributed by atoms with Gasteiger partial charge in [-0.25, -0.2) is 4.98 Å². The number of nitrogens with zero attached hydrogens (tertiary/aromatic N) is 3. The van der Waals surface area contributed by atoms with Crippen LogP contribution in [0.15, 0.2) is 60.3 Å². The molecular weight excluding hydrogens is 500 g/mol. The van der Waals surface area contributed by atoms with Gasteiger partial charge in [0.15, 0.2) is 11.5 Å². The van der Waals surface area contributed by atoms with Crippen LogP contribution in [0.4, 0.5) is 5.95 Å². The fraction of sp³-hybridized carbons (Fsp3) is 0.154. The Kier molecular flexibility index (Phi) is 6.18. The van der Waals surface area contributed by atoms with E-state index in [0.29, 0.717) is 34.0 Å². The zero-order valence-electron chi connectivity index (χ0n) is 20.0. The molecule has 2 N–H and O–H groups in total. The molecule has 3 heterocycles. The molecular formula is C26H21ClN4O6. The number of aliphatic hydroxyl groups excluding tert-OH is 1. The zero-order chi connectivity index (χ0) is 26.3. The molecule has 1 aliphatic heterocycles. The summed E-state index contributed by atoms with van der Waals surface area (Å²) in [4.78, 5) is 39.9. The Bertz CT molecular complexity index is 1530. The molecule has 37 heavy (non-hydrogen) atoms. The van der Waals surface area contributed by atoms with Crippen molar-refractivity contribution in [1.82, 2.24) is 15.0 Å². The Hall–Kier alpha value is -4.57. The molecule has 4 aromatic rings. The van der Waals surface area contributed by atoms with E-state index in [1.807, 2.05) is 0 Å². The van der Waals surface area contributed by atoms with Gasteiger partial charge in [-0.05, 0) is 30.3 Å². The summed E-state index contributed by atoms with van der Waals surface area (Å²) in [6, 6.07) is 11.9. The molecule has 1 fully saturated rings. The highest BCUT2D eigenvalue weighted by Crippen LogP contribution is 2.42. The summed E-state index contributed by atoms with van der Waals surface area (Å²) in [6.07, 6.45) is 1.54. The number of rotatable bonds is 6. The summed E-state index contributed by atoms with van der Waals surface area (Å²) in [5.74, 6) is -0.772. The number of hydrogen-bond donors (Lipinski definition) is 2. The molecule has 188 valence electrons. The number of pyridine rings is 1. The van der Waals surface area contributed by atoms with Gasteiger partial charge in [-0.3, -0.25) is 19.5 Å². The summed E-state index contributed by atoms with van der Waals surface area (Å²) in [7, 11) is 4.47. The number of carbonyl (C=O) groups is 2. The largest absolute Gasteiger partial charge is 0.507 e. The first-order chi connectivity index (χ1) is 17.9. The summed E-state index contributed by atoms with van der Waals surface area (Å²) >= 11 is 6.25. The first-order valence-electron chi connectivity index (χ1n) is 11.1. The topological polar surface area (TPSA) is 127 Å². The number of aromatic amines is 1. The number of H-pyrrole nitrogens is 1. The van der Waals surface area contributed by atoms with Crippen molar-refractivity contribution in [2.45, 2.75) is 6.04 Å². The third-order valence-corrected chi connectivity index (χ3v) is 6.34. The maximum Gasteiger partial charge on any atom is 0.302 e. The van der Waals surface area contributed by atoms with Gasteiger partial charge in [0.1, 0.15) is 17.6 Å². The Labute approximate surface area is 216 Å². The van der Waals surface area contributed by atoms with Crippen LogP contribution in [-0.2, 0) is 9.59 Å². The lowest BCUT2D eigenvalue weighted by atomic mass is 9.98. The minimum absolute atomic E-state index is 0.0925. The van der Waals surface area contributed by atoms with Gasteiger partial charge in [0.25, 0.3) is 5.78 Å². The molecule has 0 aliphatic carbocycles. The van der Waals surface area contributed by atoms with Crippen LogP contribution in [0.3, 0.4) is 0 Å². The normalized spacial score (nSPS) is 16.9. The van der Waals surface area contributed by atoms with Crippen LogP contribution in [0.25, 0.3) is 16.8 Å². The van der Waals surface area contributed by atoms with Crippen LogP contribution < -0.4 is 19.1 Å². The van der Waals surface area contributed by atoms with Crippen LogP contribution in [-0.4, -0.2) is 53.1 Å². The fourth-order valence-electron chi connectivity index (χ4n) is 4.28. The highest BCUT2D eigenvalue weighted by Gasteiger charge is 2.49. The monoisotopic (exact) mass is 520 g/mol. The van der Waals surface area contributed by atoms with Crippen molar-refractivity contribution in [1.29, 1.82) is 0 Å². The van der Waals surface area contributed by atoms with E-state index in [-0.39, 0.29) is 22.1 Å². The van der Waals surface area contributed by atoms with Gasteiger partial charge in [0.2, 0.25) is 5.95 Å². The summed E-state index contributed by atoms with van der Waals surface area (Å²) < 4.78 is 15.9. The number of fused-ring (bicyclic) bond motifs is 1. The van der Waals surface area contributed by atoms with E-state index >= 15 is 0 Å². The SMILES string of the molecule is COc1ccc(/C(O)=C2\C(=O)C(=O)N(c3nc4cc(OC)c(OC)cc4[nH]3)C2c2ccccn2)cc1Cl. The van der Waals surface area contributed by atoms with E-state index in [4.69, 9.17) is 25.8 Å². The van der Waals surface area contributed by atoms with Crippen molar-refractivity contribution < 1.29 is 28.9 Å². The number of benzene rings is 2. The Morgan fingerprint density at radius 1 is 1.00 bits per heavy atom. The van der Waals surface area contributed by atoms with E-state index in [2.05, 4.69) is 15.0 Å². The number of aromatic nitrogens is 3. The predicted molar refractivity (Wildman–Crippen MR) is 136 cm³/mol. The molecule has 2 aromatic carbocycles. The second-order valence-corrected chi connectivity index (χ2v) is 8.46. The number of Topliss-reactive ketones (excluding diaryl/α,β-unsaturated/α-hetero) is 1. The highest BCUT2D eigenvalue weighted by molar-refractivity contribution is 6.51. The average Bonchev–Trinajstić information content (AvgIpc) is 3.45. The van der Waals surface area contributed by atoms with Gasteiger partial charge in [0, 0.05) is 23.9 Å². The molecule has 1 unspecified atom stereocenters. The van der Waals surface area contributed by atoms with Crippen LogP contribution in [0, 0.1) is 0 Å². The summed E-state index contributed by atoms with van der Waals surface area (Å²) in [5, 5.41) is 11.5. The molecule has 1 saturated heterocycles. The van der Waals surface area contributed by atoms with Crippen molar-refractivity contribution in [3.05, 3.63) is 76.6 Å². The van der Waals surface area contributed by atoms with Gasteiger partial charge >= 0.3 is 5.91 Å². The molecule has 0 radical (unpaired) electrons. The number of halogens is 1. The molecule has 0 bridgehead atoms. The lowest BCUT2D eigenvalue weighted by Gasteiger charge is -2.22. The van der Waals surface area contributed by atoms with Crippen molar-refractivity contribution in [2.75, 3.05) is 26.2 Å². The van der Waals surface area contributed by atoms with Crippen LogP contribution in [0.5, 0.6) is 17.2 Å². The maximum absolute atomic E-state index is 13.4. The van der Waals surface area contributed by atoms with Gasteiger partial charge in [-0.1, -0.05) is 17.7 Å². The summed E-state index contributed by atoms with van der Waals surface area (Å²) in [6.45, 7) is 0. The minimum Gasteiger partial charge on any atom is -0.507 e. The number of amides is 1. The number of anilines is 1. The molecule has 0 spiro atoms. The van der Waals surface area contributed by atoms with Crippen LogP contribution >= 0.6 is 11.6 Å². The fourth-order valence-corrected chi connectivity index (χ4v) is 4.53. The molecule has 1 atom stereocenters. The Morgan fingerprint density at radius 3 is 2.38 bits per heavy atom. The third kappa shape index (κ3) is 4.01. The molecule has 0 saturated carbocycles. The summed E-state index contributed by atoms with van der Waals surface area (Å²) in [5.41, 5.74) is 1.48. The van der Waals surface area contributed by atoms with Gasteiger partial charge < -0.3 is 24.3 Å². The number of ether oxygens (including phenoxy) is 3. The number of ketones is 1. The number of nitrogens with one attached hydrogen (secondary N) is 1. The van der Waals surface area contributed by atoms with E-state index in [1.165, 1.54) is 38.5 Å². The van der Waals surface area contributed by atoms with Crippen molar-refractivity contribution in [3.63, 3.8) is 0 Å². The second kappa shape index (κ2) is 9.47. The van der Waals surface area contributed by atoms with Crippen molar-refractivity contribution in [3.8, 4) is 17.2 Å². The van der Waals surface area contributed by atoms with Gasteiger partial charge in [-0.15, -0.1) is 0 Å². The quantitative estimate of drug-likeness (QED) is 0.219. The molecule has 1 amide bonds. The van der Waals surface area contributed by atoms with Gasteiger partial charge in [0.05, 0.1) is 48.7 Å². The first kappa shape index (κ1) is 24.1. The molecule has 11 heteroatoms. The number of carbonyl (C=O) groups excluding carboxylic acids is 2. The van der Waals surface area contributed by atoms with Crippen LogP contribution in [0.1, 0.15) is 17.3 Å². The molecule has 10 nitrogen and oxygen atoms in total. The van der Waals surface area contributed by atoms with E-state index < -0.39 is 23.5 Å². The Balaban J connectivity index is 1.70. The number of aliphatic hydroxyl groups is 1. The van der Waals surface area contributed by atoms with E-state index in [9.17, 15) is 14.7 Å². The van der Waals surface area contributed by atoms with E-state index in [0.717, 1.165) is 0 Å². The zero-order valence-corrected chi connectivity index (χ0v) is 20.7. The molecule has 5 rings (SSSR count). The smallest absolute Gasteiger partial charge is 0.302 e. The average molecular weight is 521 g/mol. The first-order valence-corrected chi connectivity index (χ1v) is 11.4. The maximum atomic E-state index is 13.4. The second-order valence-electron chi connectivity index (χ2n) is 8.06. The number of imidazole rings is 1. The number of hydrogen-bond acceptors (Lipinski definition) is 8. The van der Waals surface area contributed by atoms with Crippen molar-refractivity contribution in [2.24, 2.45) is 0 Å². The lowest BCUT2D eigenvalue weighted by molar-refractivity contribution is -0.132. The number of methoxy groups -OCH3 is 3. The van der Waals surface area contributed by atoms with E-state index in [1.54, 1.807) is 42.5 Å².